The summed E-state index contributed by atoms with van der Waals surface area (Å²) in [6.07, 6.45) is 3.51. The fourth-order valence-corrected chi connectivity index (χ4v) is 3.38. The number of rotatable bonds is 7. The van der Waals surface area contributed by atoms with Gasteiger partial charge in [0.1, 0.15) is 11.5 Å². The summed E-state index contributed by atoms with van der Waals surface area (Å²) in [4.78, 5) is 17.2. The summed E-state index contributed by atoms with van der Waals surface area (Å²) < 4.78 is 12.5. The van der Waals surface area contributed by atoms with Crippen LogP contribution in [0, 0.1) is 0 Å². The molecule has 6 heteroatoms. The number of ketones is 1. The van der Waals surface area contributed by atoms with Crippen molar-refractivity contribution in [1.29, 1.82) is 0 Å². The molecule has 0 aliphatic rings. The second-order valence-electron chi connectivity index (χ2n) is 7.05. The second kappa shape index (κ2) is 10.7. The van der Waals surface area contributed by atoms with Crippen molar-refractivity contribution >= 4 is 5.78 Å². The Balaban J connectivity index is 0.00000289. The van der Waals surface area contributed by atoms with Crippen molar-refractivity contribution in [3.8, 4) is 33.9 Å². The van der Waals surface area contributed by atoms with Crippen LogP contribution in [0.25, 0.3) is 22.4 Å². The van der Waals surface area contributed by atoms with E-state index in [4.69, 9.17) is 9.47 Å². The van der Waals surface area contributed by atoms with Crippen LogP contribution in [0.5, 0.6) is 11.5 Å². The Morgan fingerprint density at radius 1 is 0.875 bits per heavy atom. The molecule has 1 aromatic heterocycles. The van der Waals surface area contributed by atoms with E-state index in [1.807, 2.05) is 72.9 Å². The molecule has 0 spiro atoms. The number of Topliss-reactive ketones (excluding diaryl/α,β-unsaturated/α-hetero) is 1. The predicted octanol–water partition coefficient (Wildman–Crippen LogP) is 1.61. The lowest BCUT2D eigenvalue weighted by atomic mass is 10.0. The van der Waals surface area contributed by atoms with Gasteiger partial charge in [-0.3, -0.25) is 4.79 Å². The van der Waals surface area contributed by atoms with Crippen LogP contribution in [0.15, 0.2) is 91.4 Å². The van der Waals surface area contributed by atoms with E-state index in [0.29, 0.717) is 11.3 Å². The molecular formula is C26H23BrN2O3. The first-order chi connectivity index (χ1) is 15.2. The smallest absolute Gasteiger partial charge is 0.287 e. The lowest BCUT2D eigenvalue weighted by Crippen LogP contribution is -3.00. The van der Waals surface area contributed by atoms with Gasteiger partial charge in [0.25, 0.3) is 6.33 Å². The molecule has 1 heterocycles. The highest BCUT2D eigenvalue weighted by atomic mass is 79.9. The molecule has 0 N–H and O–H groups in total. The zero-order valence-electron chi connectivity index (χ0n) is 17.9. The summed E-state index contributed by atoms with van der Waals surface area (Å²) in [5.41, 5.74) is 4.51. The van der Waals surface area contributed by atoms with E-state index in [9.17, 15) is 4.79 Å². The van der Waals surface area contributed by atoms with Gasteiger partial charge in [0.2, 0.25) is 5.78 Å². The van der Waals surface area contributed by atoms with Crippen LogP contribution in [0.4, 0.5) is 0 Å². The monoisotopic (exact) mass is 490 g/mol. The highest BCUT2D eigenvalue weighted by Crippen LogP contribution is 2.31. The zero-order valence-corrected chi connectivity index (χ0v) is 19.5. The Bertz CT molecular complexity index is 1180. The van der Waals surface area contributed by atoms with Crippen molar-refractivity contribution in [2.24, 2.45) is 0 Å². The quantitative estimate of drug-likeness (QED) is 0.291. The van der Waals surface area contributed by atoms with Crippen molar-refractivity contribution in [1.82, 2.24) is 4.98 Å². The SMILES string of the molecule is COc1ccc(-c2cc[n+](CC(=O)c3ccc(-c4ccccc4)cc3)cn2)c(OC)c1.[Br-]. The third kappa shape index (κ3) is 5.21. The number of nitrogens with zero attached hydrogens (tertiary/aromatic N) is 2. The van der Waals surface area contributed by atoms with Crippen LogP contribution in [0.3, 0.4) is 0 Å². The minimum Gasteiger partial charge on any atom is -1.00 e. The third-order valence-corrected chi connectivity index (χ3v) is 5.09. The molecule has 0 amide bonds. The molecule has 0 radical (unpaired) electrons. The Kier molecular flexibility index (Phi) is 7.73. The van der Waals surface area contributed by atoms with Crippen LogP contribution in [0.2, 0.25) is 0 Å². The lowest BCUT2D eigenvalue weighted by Gasteiger charge is -2.08. The van der Waals surface area contributed by atoms with Gasteiger partial charge in [-0.2, -0.15) is 0 Å². The fourth-order valence-electron chi connectivity index (χ4n) is 3.38. The highest BCUT2D eigenvalue weighted by Gasteiger charge is 2.15. The Labute approximate surface area is 198 Å². The number of ether oxygens (including phenoxy) is 2. The molecule has 3 aromatic carbocycles. The maximum Gasteiger partial charge on any atom is 0.287 e. The first kappa shape index (κ1) is 23.2. The van der Waals surface area contributed by atoms with Crippen molar-refractivity contribution in [3.05, 3.63) is 97.0 Å². The average Bonchev–Trinajstić information content (AvgIpc) is 2.84. The first-order valence-electron chi connectivity index (χ1n) is 9.94. The number of methoxy groups -OCH3 is 2. The van der Waals surface area contributed by atoms with Gasteiger partial charge in [0.15, 0.2) is 12.2 Å². The van der Waals surface area contributed by atoms with Crippen LogP contribution in [0.1, 0.15) is 10.4 Å². The standard InChI is InChI=1S/C26H23N2O3.BrH/c1-30-22-12-13-23(26(16-22)31-2)24-14-15-28(18-27-24)17-25(29)21-10-8-20(9-11-21)19-6-4-3-5-7-19;/h3-16,18H,17H2,1-2H3;1H/q+1;/p-1. The van der Waals surface area contributed by atoms with Gasteiger partial charge in [-0.25, -0.2) is 4.57 Å². The summed E-state index contributed by atoms with van der Waals surface area (Å²) >= 11 is 0. The normalized spacial score (nSPS) is 10.2. The summed E-state index contributed by atoms with van der Waals surface area (Å²) in [7, 11) is 3.23. The largest absolute Gasteiger partial charge is 1.00 e. The predicted molar refractivity (Wildman–Crippen MR) is 119 cm³/mol. The number of benzene rings is 3. The van der Waals surface area contributed by atoms with E-state index in [-0.39, 0.29) is 29.3 Å². The number of hydrogen-bond acceptors (Lipinski definition) is 4. The maximum absolute atomic E-state index is 12.7. The minimum atomic E-state index is 0. The van der Waals surface area contributed by atoms with Crippen LogP contribution in [-0.2, 0) is 6.54 Å². The molecule has 0 unspecified atom stereocenters. The van der Waals surface area contributed by atoms with Gasteiger partial charge in [-0.15, -0.1) is 0 Å². The second-order valence-corrected chi connectivity index (χ2v) is 7.05. The molecule has 0 aliphatic heterocycles. The molecule has 4 rings (SSSR count). The Morgan fingerprint density at radius 3 is 2.22 bits per heavy atom. The van der Waals surface area contributed by atoms with Crippen molar-refractivity contribution in [2.45, 2.75) is 6.54 Å². The maximum atomic E-state index is 12.7. The highest BCUT2D eigenvalue weighted by molar-refractivity contribution is 5.95. The van der Waals surface area contributed by atoms with E-state index in [0.717, 1.165) is 28.1 Å². The summed E-state index contributed by atoms with van der Waals surface area (Å²) in [6.45, 7) is 0.220. The number of carbonyl (C=O) groups is 1. The van der Waals surface area contributed by atoms with Gasteiger partial charge >= 0.3 is 0 Å². The molecule has 0 saturated heterocycles. The lowest BCUT2D eigenvalue weighted by molar-refractivity contribution is -0.686. The molecule has 4 aromatic rings. The van der Waals surface area contributed by atoms with Crippen LogP contribution >= 0.6 is 0 Å². The van der Waals surface area contributed by atoms with Gasteiger partial charge in [0.05, 0.1) is 26.0 Å². The summed E-state index contributed by atoms with van der Waals surface area (Å²) in [5, 5.41) is 0. The van der Waals surface area contributed by atoms with Crippen molar-refractivity contribution < 1.29 is 35.8 Å². The third-order valence-electron chi connectivity index (χ3n) is 5.09. The Morgan fingerprint density at radius 2 is 1.59 bits per heavy atom. The molecule has 0 aliphatic carbocycles. The van der Waals surface area contributed by atoms with Gasteiger partial charge in [-0.1, -0.05) is 54.6 Å². The Hall–Kier alpha value is -3.51. The zero-order chi connectivity index (χ0) is 21.6. The fraction of sp³-hybridized carbons (Fsp3) is 0.115. The molecule has 0 atom stereocenters. The van der Waals surface area contributed by atoms with E-state index in [1.54, 1.807) is 25.1 Å². The number of aromatic nitrogens is 2. The van der Waals surface area contributed by atoms with E-state index in [2.05, 4.69) is 17.1 Å². The molecule has 162 valence electrons. The first-order valence-corrected chi connectivity index (χ1v) is 9.94. The van der Waals surface area contributed by atoms with E-state index < -0.39 is 0 Å². The van der Waals surface area contributed by atoms with Gasteiger partial charge in [0, 0.05) is 17.7 Å². The average molecular weight is 491 g/mol. The molecule has 0 saturated carbocycles. The number of hydrogen-bond donors (Lipinski definition) is 0. The van der Waals surface area contributed by atoms with Gasteiger partial charge < -0.3 is 26.5 Å². The van der Waals surface area contributed by atoms with E-state index >= 15 is 0 Å². The molecule has 0 fully saturated rings. The summed E-state index contributed by atoms with van der Waals surface area (Å²) in [6, 6.07) is 25.3. The molecule has 5 nitrogen and oxygen atoms in total. The van der Waals surface area contributed by atoms with Gasteiger partial charge in [-0.05, 0) is 28.2 Å². The van der Waals surface area contributed by atoms with E-state index in [1.165, 1.54) is 0 Å². The van der Waals surface area contributed by atoms with Crippen molar-refractivity contribution in [3.63, 3.8) is 0 Å². The number of carbonyl (C=O) groups excluding carboxylic acids is 1. The molecule has 0 bridgehead atoms. The van der Waals surface area contributed by atoms with Crippen molar-refractivity contribution in [2.75, 3.05) is 14.2 Å². The molecular weight excluding hydrogens is 468 g/mol. The molecule has 32 heavy (non-hydrogen) atoms. The summed E-state index contributed by atoms with van der Waals surface area (Å²) in [5.74, 6) is 1.43. The topological polar surface area (TPSA) is 52.3 Å². The minimum absolute atomic E-state index is 0. The number of halogens is 1. The van der Waals surface area contributed by atoms with Crippen LogP contribution < -0.4 is 31.0 Å². The van der Waals surface area contributed by atoms with Crippen LogP contribution in [-0.4, -0.2) is 25.0 Å².